The summed E-state index contributed by atoms with van der Waals surface area (Å²) in [6.07, 6.45) is 9.86. The third kappa shape index (κ3) is 6.59. The molecule has 0 aliphatic rings. The van der Waals surface area contributed by atoms with Crippen LogP contribution in [-0.2, 0) is 4.74 Å². The molecule has 2 heterocycles. The molecule has 0 aliphatic heterocycles. The largest absolute Gasteiger partial charge is 0.462 e. The van der Waals surface area contributed by atoms with E-state index in [9.17, 15) is 4.79 Å². The molecule has 0 radical (unpaired) electrons. The maximum Gasteiger partial charge on any atom is 0.339 e. The van der Waals surface area contributed by atoms with Crippen molar-refractivity contribution in [1.29, 1.82) is 0 Å². The van der Waals surface area contributed by atoms with Crippen molar-refractivity contribution in [3.05, 3.63) is 34.5 Å². The van der Waals surface area contributed by atoms with Gasteiger partial charge in [0.25, 0.3) is 0 Å². The summed E-state index contributed by atoms with van der Waals surface area (Å²) in [4.78, 5) is 14.7. The summed E-state index contributed by atoms with van der Waals surface area (Å²) in [5.74, 6) is 0.337. The number of thiophene rings is 2. The topological polar surface area (TPSA) is 26.3 Å². The number of hydrogen-bond donors (Lipinski definition) is 0. The minimum absolute atomic E-state index is 0.167. The quantitative estimate of drug-likeness (QED) is 0.284. The van der Waals surface area contributed by atoms with E-state index in [1.54, 1.807) is 22.7 Å². The Morgan fingerprint density at radius 2 is 1.80 bits per heavy atom. The predicted molar refractivity (Wildman–Crippen MR) is 110 cm³/mol. The third-order valence-corrected chi connectivity index (χ3v) is 6.48. The van der Waals surface area contributed by atoms with E-state index in [4.69, 9.17) is 4.74 Å². The summed E-state index contributed by atoms with van der Waals surface area (Å²) in [7, 11) is 0. The van der Waals surface area contributed by atoms with E-state index in [0.717, 1.165) is 16.2 Å². The highest BCUT2D eigenvalue weighted by atomic mass is 32.1. The smallest absolute Gasteiger partial charge is 0.339 e. The Labute approximate surface area is 160 Å². The van der Waals surface area contributed by atoms with Gasteiger partial charge in [-0.15, -0.1) is 22.7 Å². The van der Waals surface area contributed by atoms with Crippen LogP contribution in [0.4, 0.5) is 0 Å². The molecule has 2 nitrogen and oxygen atoms in total. The predicted octanol–water partition coefficient (Wildman–Crippen LogP) is 7.41. The SMILES string of the molecule is CCCCCCC(CCCC)COC(=O)c1ccsc1-c1cccs1. The number of unbranched alkanes of at least 4 members (excludes halogenated alkanes) is 4. The molecule has 25 heavy (non-hydrogen) atoms. The van der Waals surface area contributed by atoms with Crippen molar-refractivity contribution in [3.8, 4) is 9.75 Å². The standard InChI is InChI=1S/C21H30O2S2/c1-3-5-7-8-11-17(10-6-4-2)16-23-21(22)18-13-15-25-20(18)19-12-9-14-24-19/h9,12-15,17H,3-8,10-11,16H2,1-2H3. The highest BCUT2D eigenvalue weighted by molar-refractivity contribution is 7.20. The van der Waals surface area contributed by atoms with Gasteiger partial charge >= 0.3 is 5.97 Å². The molecule has 4 heteroatoms. The summed E-state index contributed by atoms with van der Waals surface area (Å²) < 4.78 is 5.71. The normalized spacial score (nSPS) is 12.2. The molecule has 0 spiro atoms. The molecule has 138 valence electrons. The highest BCUT2D eigenvalue weighted by Crippen LogP contribution is 2.33. The Hall–Kier alpha value is -1.13. The van der Waals surface area contributed by atoms with Crippen LogP contribution < -0.4 is 0 Å². The van der Waals surface area contributed by atoms with Crippen LogP contribution in [0.15, 0.2) is 29.0 Å². The van der Waals surface area contributed by atoms with Gasteiger partial charge in [0, 0.05) is 4.88 Å². The van der Waals surface area contributed by atoms with Gasteiger partial charge in [0.2, 0.25) is 0 Å². The molecular formula is C21H30O2S2. The van der Waals surface area contributed by atoms with Crippen LogP contribution in [-0.4, -0.2) is 12.6 Å². The lowest BCUT2D eigenvalue weighted by Crippen LogP contribution is -2.15. The van der Waals surface area contributed by atoms with Crippen LogP contribution in [0.2, 0.25) is 0 Å². The molecule has 0 aliphatic carbocycles. The van der Waals surface area contributed by atoms with Gasteiger partial charge in [0.15, 0.2) is 0 Å². The van der Waals surface area contributed by atoms with Gasteiger partial charge in [-0.25, -0.2) is 4.79 Å². The third-order valence-electron chi connectivity index (χ3n) is 4.51. The molecule has 1 atom stereocenters. The Kier molecular flexibility index (Phi) is 9.27. The fourth-order valence-electron chi connectivity index (χ4n) is 3.00. The first-order valence-electron chi connectivity index (χ1n) is 9.54. The molecule has 2 aromatic heterocycles. The average molecular weight is 379 g/mol. The molecule has 0 fully saturated rings. The summed E-state index contributed by atoms with van der Waals surface area (Å²) in [6, 6.07) is 5.97. The van der Waals surface area contributed by atoms with Crippen LogP contribution in [0, 0.1) is 5.92 Å². The second kappa shape index (κ2) is 11.5. The molecule has 0 saturated carbocycles. The summed E-state index contributed by atoms with van der Waals surface area (Å²) >= 11 is 3.28. The lowest BCUT2D eigenvalue weighted by atomic mass is 9.96. The fraction of sp³-hybridized carbons (Fsp3) is 0.571. The van der Waals surface area contributed by atoms with Crippen molar-refractivity contribution < 1.29 is 9.53 Å². The van der Waals surface area contributed by atoms with Crippen molar-refractivity contribution in [2.24, 2.45) is 5.92 Å². The van der Waals surface area contributed by atoms with Crippen LogP contribution >= 0.6 is 22.7 Å². The van der Waals surface area contributed by atoms with E-state index in [0.29, 0.717) is 18.1 Å². The molecule has 0 bridgehead atoms. The van der Waals surface area contributed by atoms with Crippen LogP contribution in [0.3, 0.4) is 0 Å². The van der Waals surface area contributed by atoms with Crippen LogP contribution in [0.1, 0.15) is 75.6 Å². The second-order valence-corrected chi connectivity index (χ2v) is 8.46. The van der Waals surface area contributed by atoms with Crippen molar-refractivity contribution in [1.82, 2.24) is 0 Å². The van der Waals surface area contributed by atoms with Crippen molar-refractivity contribution in [2.45, 2.75) is 65.2 Å². The Bertz CT molecular complexity index is 601. The first kappa shape index (κ1) is 20.2. The number of rotatable bonds is 12. The summed E-state index contributed by atoms with van der Waals surface area (Å²) in [6.45, 7) is 5.02. The highest BCUT2D eigenvalue weighted by Gasteiger charge is 2.18. The van der Waals surface area contributed by atoms with Gasteiger partial charge in [-0.3, -0.25) is 0 Å². The molecule has 0 amide bonds. The number of carbonyl (C=O) groups excluding carboxylic acids is 1. The lowest BCUT2D eigenvalue weighted by Gasteiger charge is -2.17. The molecule has 0 saturated heterocycles. The molecule has 2 rings (SSSR count). The minimum Gasteiger partial charge on any atom is -0.462 e. The number of hydrogen-bond acceptors (Lipinski definition) is 4. The summed E-state index contributed by atoms with van der Waals surface area (Å²) in [5.41, 5.74) is 0.715. The molecule has 0 aromatic carbocycles. The zero-order valence-electron chi connectivity index (χ0n) is 15.5. The Morgan fingerprint density at radius 1 is 1.00 bits per heavy atom. The molecule has 0 N–H and O–H groups in total. The molecular weight excluding hydrogens is 348 g/mol. The number of carbonyl (C=O) groups is 1. The van der Waals surface area contributed by atoms with Gasteiger partial charge in [-0.05, 0) is 41.7 Å². The van der Waals surface area contributed by atoms with E-state index in [1.165, 1.54) is 44.9 Å². The van der Waals surface area contributed by atoms with Gasteiger partial charge in [0.05, 0.1) is 17.0 Å². The zero-order chi connectivity index (χ0) is 17.9. The number of ether oxygens (including phenoxy) is 1. The first-order chi connectivity index (χ1) is 12.3. The van der Waals surface area contributed by atoms with Gasteiger partial charge in [-0.2, -0.15) is 0 Å². The second-order valence-electron chi connectivity index (χ2n) is 6.60. The van der Waals surface area contributed by atoms with Crippen molar-refractivity contribution in [3.63, 3.8) is 0 Å². The van der Waals surface area contributed by atoms with E-state index in [-0.39, 0.29) is 5.97 Å². The van der Waals surface area contributed by atoms with E-state index in [2.05, 4.69) is 19.9 Å². The molecule has 2 aromatic rings. The Balaban J connectivity index is 1.88. The van der Waals surface area contributed by atoms with Gasteiger partial charge in [-0.1, -0.05) is 58.4 Å². The monoisotopic (exact) mass is 378 g/mol. The summed E-state index contributed by atoms with van der Waals surface area (Å²) in [5, 5.41) is 4.02. The molecule has 1 unspecified atom stereocenters. The number of esters is 1. The minimum atomic E-state index is -0.167. The van der Waals surface area contributed by atoms with E-state index >= 15 is 0 Å². The van der Waals surface area contributed by atoms with Gasteiger partial charge < -0.3 is 4.74 Å². The maximum absolute atomic E-state index is 12.6. The van der Waals surface area contributed by atoms with Gasteiger partial charge in [0.1, 0.15) is 0 Å². The fourth-order valence-corrected chi connectivity index (χ4v) is 4.77. The zero-order valence-corrected chi connectivity index (χ0v) is 17.1. The van der Waals surface area contributed by atoms with Crippen LogP contribution in [0.25, 0.3) is 9.75 Å². The van der Waals surface area contributed by atoms with E-state index in [1.807, 2.05) is 22.9 Å². The van der Waals surface area contributed by atoms with Crippen molar-refractivity contribution in [2.75, 3.05) is 6.61 Å². The maximum atomic E-state index is 12.6. The van der Waals surface area contributed by atoms with Crippen LogP contribution in [0.5, 0.6) is 0 Å². The lowest BCUT2D eigenvalue weighted by molar-refractivity contribution is 0.0424. The Morgan fingerprint density at radius 3 is 2.52 bits per heavy atom. The first-order valence-corrected chi connectivity index (χ1v) is 11.3. The van der Waals surface area contributed by atoms with Crippen molar-refractivity contribution >= 4 is 28.6 Å². The van der Waals surface area contributed by atoms with E-state index < -0.39 is 0 Å². The average Bonchev–Trinajstić information content (AvgIpc) is 3.30.